The highest BCUT2D eigenvalue weighted by Gasteiger charge is 2.26. The lowest BCUT2D eigenvalue weighted by Gasteiger charge is -2.26. The van der Waals surface area contributed by atoms with Crippen molar-refractivity contribution in [3.05, 3.63) is 0 Å². The smallest absolute Gasteiger partial charge is 0.0501 e. The van der Waals surface area contributed by atoms with Crippen molar-refractivity contribution in [2.24, 2.45) is 5.73 Å². The van der Waals surface area contributed by atoms with E-state index < -0.39 is 10.8 Å². The molecule has 4 unspecified atom stereocenters. The number of hydrogen-bond donors (Lipinski definition) is 1. The summed E-state index contributed by atoms with van der Waals surface area (Å²) in [4.78, 5) is 0. The average Bonchev–Trinajstić information content (AvgIpc) is 2.41. The zero-order valence-electron chi connectivity index (χ0n) is 12.9. The predicted molar refractivity (Wildman–Crippen MR) is 85.8 cm³/mol. The fourth-order valence-electron chi connectivity index (χ4n) is 2.94. The molecule has 0 amide bonds. The minimum atomic E-state index is -0.749. The summed E-state index contributed by atoms with van der Waals surface area (Å²) in [5, 5.41) is 0.526. The van der Waals surface area contributed by atoms with Crippen LogP contribution in [-0.4, -0.2) is 20.8 Å². The molecule has 0 radical (unpaired) electrons. The SMILES string of the molecule is CCC(C)S(=O)C1CCCCCCCCCCC1N. The Bertz CT molecular complexity index is 257. The molecule has 2 nitrogen and oxygen atoms in total. The quantitative estimate of drug-likeness (QED) is 0.847. The predicted octanol–water partition coefficient (Wildman–Crippen LogP) is 4.14. The van der Waals surface area contributed by atoms with E-state index in [2.05, 4.69) is 13.8 Å². The van der Waals surface area contributed by atoms with Crippen molar-refractivity contribution in [3.63, 3.8) is 0 Å². The fourth-order valence-corrected chi connectivity index (χ4v) is 4.74. The molecule has 1 rings (SSSR count). The monoisotopic (exact) mass is 287 g/mol. The molecule has 1 aliphatic rings. The molecule has 0 aromatic carbocycles. The first-order valence-corrected chi connectivity index (χ1v) is 9.59. The van der Waals surface area contributed by atoms with Crippen LogP contribution in [0.1, 0.15) is 84.5 Å². The van der Waals surface area contributed by atoms with Gasteiger partial charge in [-0.3, -0.25) is 4.21 Å². The Morgan fingerprint density at radius 3 is 2.00 bits per heavy atom. The minimum Gasteiger partial charge on any atom is -0.327 e. The molecule has 0 aromatic heterocycles. The second-order valence-corrected chi connectivity index (χ2v) is 8.22. The molecule has 2 N–H and O–H groups in total. The van der Waals surface area contributed by atoms with Crippen LogP contribution in [0.3, 0.4) is 0 Å². The summed E-state index contributed by atoms with van der Waals surface area (Å²) in [6, 6.07) is 0.147. The highest BCUT2D eigenvalue weighted by Crippen LogP contribution is 2.22. The van der Waals surface area contributed by atoms with Gasteiger partial charge in [0.1, 0.15) is 0 Å². The highest BCUT2D eigenvalue weighted by atomic mass is 32.2. The van der Waals surface area contributed by atoms with Crippen LogP contribution < -0.4 is 5.73 Å². The maximum atomic E-state index is 12.6. The van der Waals surface area contributed by atoms with Gasteiger partial charge in [-0.15, -0.1) is 0 Å². The fraction of sp³-hybridized carbons (Fsp3) is 1.00. The standard InChI is InChI=1S/C16H33NOS/c1-3-14(2)19(18)16-13-11-9-7-5-4-6-8-10-12-15(16)17/h14-16H,3-13,17H2,1-2H3. The number of nitrogens with two attached hydrogens (primary N) is 1. The van der Waals surface area contributed by atoms with Crippen LogP contribution in [0.15, 0.2) is 0 Å². The molecular weight excluding hydrogens is 254 g/mol. The van der Waals surface area contributed by atoms with Gasteiger partial charge in [0.15, 0.2) is 0 Å². The van der Waals surface area contributed by atoms with Gasteiger partial charge in [-0.2, -0.15) is 0 Å². The van der Waals surface area contributed by atoms with Crippen LogP contribution in [-0.2, 0) is 10.8 Å². The first-order chi connectivity index (χ1) is 9.16. The third-order valence-corrected chi connectivity index (χ3v) is 6.83. The summed E-state index contributed by atoms with van der Waals surface area (Å²) in [5.41, 5.74) is 6.36. The van der Waals surface area contributed by atoms with Crippen LogP contribution >= 0.6 is 0 Å². The lowest BCUT2D eigenvalue weighted by molar-refractivity contribution is 0.465. The van der Waals surface area contributed by atoms with Crippen LogP contribution in [0, 0.1) is 0 Å². The van der Waals surface area contributed by atoms with E-state index in [-0.39, 0.29) is 11.3 Å². The van der Waals surface area contributed by atoms with Crippen LogP contribution in [0.25, 0.3) is 0 Å². The third-order valence-electron chi connectivity index (χ3n) is 4.52. The topological polar surface area (TPSA) is 43.1 Å². The second kappa shape index (κ2) is 9.93. The molecule has 0 bridgehead atoms. The van der Waals surface area contributed by atoms with Gasteiger partial charge in [0.2, 0.25) is 0 Å². The van der Waals surface area contributed by atoms with Crippen molar-refractivity contribution < 1.29 is 4.21 Å². The second-order valence-electron chi connectivity index (χ2n) is 6.16. The van der Waals surface area contributed by atoms with Crippen LogP contribution in [0.5, 0.6) is 0 Å². The van der Waals surface area contributed by atoms with Crippen molar-refractivity contribution in [3.8, 4) is 0 Å². The summed E-state index contributed by atoms with van der Waals surface area (Å²) in [6.07, 6.45) is 13.6. The molecule has 0 aromatic rings. The van der Waals surface area contributed by atoms with Gasteiger partial charge in [0.05, 0.1) is 5.25 Å². The first-order valence-electron chi connectivity index (χ1n) is 8.31. The summed E-state index contributed by atoms with van der Waals surface area (Å²) < 4.78 is 12.6. The molecule has 0 aliphatic heterocycles. The Hall–Kier alpha value is 0.110. The Morgan fingerprint density at radius 2 is 1.47 bits per heavy atom. The maximum Gasteiger partial charge on any atom is 0.0501 e. The Labute approximate surface area is 122 Å². The Balaban J connectivity index is 2.57. The molecule has 0 saturated heterocycles. The van der Waals surface area contributed by atoms with Gasteiger partial charge in [-0.25, -0.2) is 0 Å². The number of hydrogen-bond acceptors (Lipinski definition) is 2. The molecule has 0 spiro atoms. The Kier molecular flexibility index (Phi) is 8.97. The van der Waals surface area contributed by atoms with Gasteiger partial charge in [-0.1, -0.05) is 65.2 Å². The van der Waals surface area contributed by atoms with Gasteiger partial charge in [0, 0.05) is 22.1 Å². The Morgan fingerprint density at radius 1 is 1.00 bits per heavy atom. The largest absolute Gasteiger partial charge is 0.327 e. The van der Waals surface area contributed by atoms with E-state index in [1.54, 1.807) is 0 Å². The van der Waals surface area contributed by atoms with E-state index in [1.807, 2.05) is 0 Å². The molecular formula is C16H33NOS. The molecule has 1 fully saturated rings. The summed E-state index contributed by atoms with van der Waals surface area (Å²) in [7, 11) is -0.749. The molecule has 114 valence electrons. The van der Waals surface area contributed by atoms with E-state index >= 15 is 0 Å². The van der Waals surface area contributed by atoms with Crippen LogP contribution in [0.2, 0.25) is 0 Å². The molecule has 1 saturated carbocycles. The normalized spacial score (nSPS) is 30.9. The van der Waals surface area contributed by atoms with Crippen LogP contribution in [0.4, 0.5) is 0 Å². The van der Waals surface area contributed by atoms with Crippen molar-refractivity contribution in [1.82, 2.24) is 0 Å². The molecule has 19 heavy (non-hydrogen) atoms. The van der Waals surface area contributed by atoms with Crippen molar-refractivity contribution >= 4 is 10.8 Å². The lowest BCUT2D eigenvalue weighted by Crippen LogP contribution is -2.40. The highest BCUT2D eigenvalue weighted by molar-refractivity contribution is 7.86. The van der Waals surface area contributed by atoms with E-state index in [9.17, 15) is 4.21 Å². The first kappa shape index (κ1) is 17.2. The van der Waals surface area contributed by atoms with E-state index in [4.69, 9.17) is 5.73 Å². The van der Waals surface area contributed by atoms with E-state index in [0.29, 0.717) is 5.25 Å². The zero-order chi connectivity index (χ0) is 14.1. The van der Waals surface area contributed by atoms with Crippen molar-refractivity contribution in [2.45, 2.75) is 101 Å². The molecule has 1 aliphatic carbocycles. The van der Waals surface area contributed by atoms with Crippen molar-refractivity contribution in [2.75, 3.05) is 0 Å². The van der Waals surface area contributed by atoms with E-state index in [1.165, 1.54) is 51.4 Å². The lowest BCUT2D eigenvalue weighted by atomic mass is 9.98. The maximum absolute atomic E-state index is 12.6. The third kappa shape index (κ3) is 6.40. The summed E-state index contributed by atoms with van der Waals surface area (Å²) >= 11 is 0. The molecule has 4 atom stereocenters. The zero-order valence-corrected chi connectivity index (χ0v) is 13.7. The molecule has 3 heteroatoms. The number of rotatable bonds is 3. The minimum absolute atomic E-state index is 0.147. The van der Waals surface area contributed by atoms with Gasteiger partial charge >= 0.3 is 0 Å². The summed E-state index contributed by atoms with van der Waals surface area (Å²) in [5.74, 6) is 0. The summed E-state index contributed by atoms with van der Waals surface area (Å²) in [6.45, 7) is 4.24. The molecule has 0 heterocycles. The average molecular weight is 288 g/mol. The van der Waals surface area contributed by atoms with Gasteiger partial charge in [0.25, 0.3) is 0 Å². The van der Waals surface area contributed by atoms with E-state index in [0.717, 1.165) is 19.3 Å². The van der Waals surface area contributed by atoms with Gasteiger partial charge in [-0.05, 0) is 19.3 Å². The van der Waals surface area contributed by atoms with Gasteiger partial charge < -0.3 is 5.73 Å². The van der Waals surface area contributed by atoms with Crippen molar-refractivity contribution in [1.29, 1.82) is 0 Å².